The first-order valence-corrected chi connectivity index (χ1v) is 8.97. The van der Waals surface area contributed by atoms with Crippen molar-refractivity contribution >= 4 is 28.4 Å². The summed E-state index contributed by atoms with van der Waals surface area (Å²) < 4.78 is 19.4. The molecule has 1 aromatic heterocycles. The third kappa shape index (κ3) is 4.07. The Morgan fingerprint density at radius 2 is 2.11 bits per heavy atom. The number of carbonyl (C=O) groups excluding carboxylic acids is 1. The molecule has 3 N–H and O–H groups in total. The summed E-state index contributed by atoms with van der Waals surface area (Å²) in [6.45, 7) is 4.03. The molecule has 0 aliphatic rings. The minimum absolute atomic E-state index is 0.0371. The molecule has 142 valence electrons. The molecule has 1 heterocycles. The SMILES string of the molecule is CCOc1ccc2cc(C(=O)NC(C)C(O)c3c(F)cccc3Cl)[nH]c2c1. The number of aromatic nitrogens is 1. The zero-order valence-corrected chi connectivity index (χ0v) is 15.7. The van der Waals surface area contributed by atoms with Crippen molar-refractivity contribution in [3.8, 4) is 5.75 Å². The Hall–Kier alpha value is -2.57. The van der Waals surface area contributed by atoms with Crippen LogP contribution in [0.3, 0.4) is 0 Å². The lowest BCUT2D eigenvalue weighted by molar-refractivity contribution is 0.0842. The molecule has 0 fully saturated rings. The van der Waals surface area contributed by atoms with Gasteiger partial charge in [-0.15, -0.1) is 0 Å². The van der Waals surface area contributed by atoms with Crippen molar-refractivity contribution < 1.29 is 19.0 Å². The molecule has 0 bridgehead atoms. The van der Waals surface area contributed by atoms with Gasteiger partial charge in [0, 0.05) is 27.6 Å². The molecule has 3 rings (SSSR count). The van der Waals surface area contributed by atoms with E-state index in [4.69, 9.17) is 16.3 Å². The number of amides is 1. The minimum Gasteiger partial charge on any atom is -0.494 e. The van der Waals surface area contributed by atoms with Crippen molar-refractivity contribution in [3.05, 3.63) is 64.6 Å². The summed E-state index contributed by atoms with van der Waals surface area (Å²) in [5.74, 6) is -0.329. The Labute approximate surface area is 161 Å². The van der Waals surface area contributed by atoms with E-state index in [9.17, 15) is 14.3 Å². The monoisotopic (exact) mass is 390 g/mol. The Bertz CT molecular complexity index is 953. The number of aliphatic hydroxyl groups is 1. The average Bonchev–Trinajstić information content (AvgIpc) is 3.05. The molecule has 2 unspecified atom stereocenters. The second kappa shape index (κ2) is 7.98. The zero-order valence-electron chi connectivity index (χ0n) is 14.9. The molecule has 0 saturated carbocycles. The van der Waals surface area contributed by atoms with Gasteiger partial charge in [-0.25, -0.2) is 4.39 Å². The molecule has 2 atom stereocenters. The first-order chi connectivity index (χ1) is 12.9. The fraction of sp³-hybridized carbons (Fsp3) is 0.250. The smallest absolute Gasteiger partial charge is 0.268 e. The molecule has 7 heteroatoms. The molecule has 27 heavy (non-hydrogen) atoms. The number of H-pyrrole nitrogens is 1. The highest BCUT2D eigenvalue weighted by atomic mass is 35.5. The van der Waals surface area contributed by atoms with Crippen LogP contribution in [0.15, 0.2) is 42.5 Å². The van der Waals surface area contributed by atoms with Gasteiger partial charge in [-0.2, -0.15) is 0 Å². The molecule has 0 aliphatic carbocycles. The highest BCUT2D eigenvalue weighted by Crippen LogP contribution is 2.28. The fourth-order valence-electron chi connectivity index (χ4n) is 2.89. The van der Waals surface area contributed by atoms with Crippen LogP contribution in [-0.4, -0.2) is 28.6 Å². The number of carbonyl (C=O) groups is 1. The van der Waals surface area contributed by atoms with E-state index >= 15 is 0 Å². The van der Waals surface area contributed by atoms with Gasteiger partial charge in [0.1, 0.15) is 23.4 Å². The second-order valence-corrected chi connectivity index (χ2v) is 6.61. The largest absolute Gasteiger partial charge is 0.494 e. The highest BCUT2D eigenvalue weighted by Gasteiger charge is 2.24. The van der Waals surface area contributed by atoms with E-state index in [2.05, 4.69) is 10.3 Å². The summed E-state index contributed by atoms with van der Waals surface area (Å²) in [7, 11) is 0. The summed E-state index contributed by atoms with van der Waals surface area (Å²) in [6.07, 6.45) is -1.28. The van der Waals surface area contributed by atoms with Gasteiger partial charge in [0.2, 0.25) is 0 Å². The number of rotatable bonds is 6. The normalized spacial score (nSPS) is 13.4. The topological polar surface area (TPSA) is 74.3 Å². The van der Waals surface area contributed by atoms with Crippen LogP contribution in [0.5, 0.6) is 5.75 Å². The standard InChI is InChI=1S/C20H20ClFN2O3/c1-3-27-13-8-7-12-9-17(24-16(12)10-13)20(26)23-11(2)19(25)18-14(21)5-4-6-15(18)22/h4-11,19,24-25H,3H2,1-2H3,(H,23,26). The second-order valence-electron chi connectivity index (χ2n) is 6.21. The number of benzene rings is 2. The predicted octanol–water partition coefficient (Wildman–Crippen LogP) is 4.21. The van der Waals surface area contributed by atoms with Crippen molar-refractivity contribution in [2.24, 2.45) is 0 Å². The molecule has 0 radical (unpaired) electrons. The van der Waals surface area contributed by atoms with Gasteiger partial charge in [-0.3, -0.25) is 4.79 Å². The number of ether oxygens (including phenoxy) is 1. The van der Waals surface area contributed by atoms with E-state index in [0.717, 1.165) is 10.9 Å². The fourth-order valence-corrected chi connectivity index (χ4v) is 3.17. The zero-order chi connectivity index (χ0) is 19.6. The summed E-state index contributed by atoms with van der Waals surface area (Å²) in [6, 6.07) is 10.6. The number of halogens is 2. The van der Waals surface area contributed by atoms with Gasteiger partial charge in [0.25, 0.3) is 5.91 Å². The van der Waals surface area contributed by atoms with Crippen LogP contribution in [0.25, 0.3) is 10.9 Å². The van der Waals surface area contributed by atoms with Crippen LogP contribution in [0.1, 0.15) is 36.0 Å². The summed E-state index contributed by atoms with van der Waals surface area (Å²) in [5, 5.41) is 14.1. The Morgan fingerprint density at radius 3 is 2.81 bits per heavy atom. The maximum Gasteiger partial charge on any atom is 0.268 e. The third-order valence-electron chi connectivity index (χ3n) is 4.28. The van der Waals surface area contributed by atoms with Crippen LogP contribution in [0.4, 0.5) is 4.39 Å². The first-order valence-electron chi connectivity index (χ1n) is 8.59. The quantitative estimate of drug-likeness (QED) is 0.590. The average molecular weight is 391 g/mol. The van der Waals surface area contributed by atoms with Gasteiger partial charge >= 0.3 is 0 Å². The van der Waals surface area contributed by atoms with E-state index < -0.39 is 23.9 Å². The molecule has 0 saturated heterocycles. The molecule has 1 amide bonds. The Morgan fingerprint density at radius 1 is 1.33 bits per heavy atom. The van der Waals surface area contributed by atoms with Crippen molar-refractivity contribution in [2.75, 3.05) is 6.61 Å². The van der Waals surface area contributed by atoms with Crippen LogP contribution < -0.4 is 10.1 Å². The van der Waals surface area contributed by atoms with Crippen LogP contribution in [0.2, 0.25) is 5.02 Å². The van der Waals surface area contributed by atoms with Crippen LogP contribution >= 0.6 is 11.6 Å². The molecule has 5 nitrogen and oxygen atoms in total. The number of aliphatic hydroxyl groups excluding tert-OH is 1. The van der Waals surface area contributed by atoms with E-state index in [1.807, 2.05) is 25.1 Å². The molecule has 0 aliphatic heterocycles. The van der Waals surface area contributed by atoms with Crippen molar-refractivity contribution in [2.45, 2.75) is 26.0 Å². The maximum atomic E-state index is 14.0. The molecule has 3 aromatic rings. The van der Waals surface area contributed by atoms with Crippen LogP contribution in [-0.2, 0) is 0 Å². The predicted molar refractivity (Wildman–Crippen MR) is 103 cm³/mol. The Balaban J connectivity index is 1.77. The lowest BCUT2D eigenvalue weighted by Gasteiger charge is -2.21. The number of fused-ring (bicyclic) bond motifs is 1. The van der Waals surface area contributed by atoms with Crippen molar-refractivity contribution in [3.63, 3.8) is 0 Å². The van der Waals surface area contributed by atoms with Gasteiger partial charge in [-0.1, -0.05) is 17.7 Å². The van der Waals surface area contributed by atoms with E-state index in [-0.39, 0.29) is 10.6 Å². The minimum atomic E-state index is -1.28. The molecular weight excluding hydrogens is 371 g/mol. The number of aromatic amines is 1. The number of hydrogen-bond donors (Lipinski definition) is 3. The lowest BCUT2D eigenvalue weighted by atomic mass is 10.0. The third-order valence-corrected chi connectivity index (χ3v) is 4.61. The lowest BCUT2D eigenvalue weighted by Crippen LogP contribution is -2.37. The summed E-state index contributed by atoms with van der Waals surface area (Å²) in [5.41, 5.74) is 1.05. The van der Waals surface area contributed by atoms with Gasteiger partial charge < -0.3 is 20.1 Å². The van der Waals surface area contributed by atoms with Crippen molar-refractivity contribution in [1.29, 1.82) is 0 Å². The number of nitrogens with one attached hydrogen (secondary N) is 2. The van der Waals surface area contributed by atoms with E-state index in [0.29, 0.717) is 18.1 Å². The maximum absolute atomic E-state index is 14.0. The van der Waals surface area contributed by atoms with Gasteiger partial charge in [0.05, 0.1) is 12.6 Å². The molecule has 0 spiro atoms. The number of hydrogen-bond acceptors (Lipinski definition) is 3. The highest BCUT2D eigenvalue weighted by molar-refractivity contribution is 6.31. The van der Waals surface area contributed by atoms with Crippen LogP contribution in [0, 0.1) is 5.82 Å². The first kappa shape index (κ1) is 19.2. The summed E-state index contributed by atoms with van der Waals surface area (Å²) in [4.78, 5) is 15.6. The molecular formula is C20H20ClFN2O3. The van der Waals surface area contributed by atoms with E-state index in [1.54, 1.807) is 13.0 Å². The van der Waals surface area contributed by atoms with Gasteiger partial charge in [0.15, 0.2) is 0 Å². The van der Waals surface area contributed by atoms with Gasteiger partial charge in [-0.05, 0) is 44.2 Å². The van der Waals surface area contributed by atoms with E-state index in [1.165, 1.54) is 18.2 Å². The Kier molecular flexibility index (Phi) is 5.68. The molecule has 2 aromatic carbocycles. The summed E-state index contributed by atoms with van der Waals surface area (Å²) >= 11 is 5.99. The van der Waals surface area contributed by atoms with Crippen molar-refractivity contribution in [1.82, 2.24) is 10.3 Å².